The highest BCUT2D eigenvalue weighted by Crippen LogP contribution is 2.17. The Hall–Kier alpha value is -0.780. The number of hydrogen-bond acceptors (Lipinski definition) is 1. The molecular weight excluding hydrogens is 216 g/mol. The molecule has 0 radical (unpaired) electrons. The van der Waals surface area contributed by atoms with E-state index in [4.69, 9.17) is 6.42 Å². The first-order valence-electron chi connectivity index (χ1n) is 3.61. The minimum Gasteiger partial charge on any atom is -0.380 e. The number of aliphatic hydroxyl groups excluding tert-OH is 1. The molecule has 0 heterocycles. The van der Waals surface area contributed by atoms with Gasteiger partial charge in [0.15, 0.2) is 0 Å². The zero-order valence-electron chi connectivity index (χ0n) is 6.50. The van der Waals surface area contributed by atoms with E-state index in [0.29, 0.717) is 6.42 Å². The number of terminal acetylenes is 1. The summed E-state index contributed by atoms with van der Waals surface area (Å²) in [6.07, 6.45) is 4.86. The molecule has 1 nitrogen and oxygen atoms in total. The first-order chi connectivity index (χ1) is 5.74. The Balaban J connectivity index is 2.77. The second kappa shape index (κ2) is 4.30. The van der Waals surface area contributed by atoms with Crippen LogP contribution in [0.4, 0.5) is 0 Å². The fraction of sp³-hybridized carbons (Fsp3) is 0.200. The van der Waals surface area contributed by atoms with Gasteiger partial charge in [0.05, 0.1) is 0 Å². The SMILES string of the molecule is C#CC(O)Cc1ccccc1Br. The number of benzene rings is 1. The molecule has 1 N–H and O–H groups in total. The Labute approximate surface area is 80.6 Å². The van der Waals surface area contributed by atoms with E-state index in [2.05, 4.69) is 21.9 Å². The lowest BCUT2D eigenvalue weighted by Gasteiger charge is -2.04. The summed E-state index contributed by atoms with van der Waals surface area (Å²) in [6.45, 7) is 0. The third-order valence-corrected chi connectivity index (χ3v) is 2.34. The van der Waals surface area contributed by atoms with Gasteiger partial charge in [-0.25, -0.2) is 0 Å². The second-order valence-corrected chi connectivity index (χ2v) is 3.33. The Morgan fingerprint density at radius 1 is 1.50 bits per heavy atom. The molecular formula is C10H9BrO. The molecule has 1 unspecified atom stereocenters. The molecule has 0 amide bonds. The summed E-state index contributed by atoms with van der Waals surface area (Å²) in [4.78, 5) is 0. The van der Waals surface area contributed by atoms with Crippen molar-refractivity contribution < 1.29 is 5.11 Å². The molecule has 0 saturated heterocycles. The van der Waals surface area contributed by atoms with Gasteiger partial charge in [-0.05, 0) is 11.6 Å². The molecule has 0 aliphatic heterocycles. The number of aliphatic hydroxyl groups is 1. The minimum atomic E-state index is -0.691. The van der Waals surface area contributed by atoms with Gasteiger partial charge in [0, 0.05) is 10.9 Å². The topological polar surface area (TPSA) is 20.2 Å². The van der Waals surface area contributed by atoms with Crippen molar-refractivity contribution in [3.05, 3.63) is 34.3 Å². The summed E-state index contributed by atoms with van der Waals surface area (Å²) in [5, 5.41) is 9.18. The lowest BCUT2D eigenvalue weighted by Crippen LogP contribution is -2.06. The Bertz CT molecular complexity index is 301. The molecule has 1 rings (SSSR count). The van der Waals surface area contributed by atoms with Crippen molar-refractivity contribution in [3.63, 3.8) is 0 Å². The van der Waals surface area contributed by atoms with Crippen molar-refractivity contribution in [2.24, 2.45) is 0 Å². The Morgan fingerprint density at radius 3 is 2.75 bits per heavy atom. The Morgan fingerprint density at radius 2 is 2.17 bits per heavy atom. The van der Waals surface area contributed by atoms with Crippen LogP contribution in [0, 0.1) is 12.3 Å². The smallest absolute Gasteiger partial charge is 0.118 e. The van der Waals surface area contributed by atoms with Crippen LogP contribution in [0.3, 0.4) is 0 Å². The number of hydrogen-bond donors (Lipinski definition) is 1. The van der Waals surface area contributed by atoms with Crippen molar-refractivity contribution in [1.82, 2.24) is 0 Å². The summed E-state index contributed by atoms with van der Waals surface area (Å²) in [5.74, 6) is 2.28. The van der Waals surface area contributed by atoms with Crippen molar-refractivity contribution in [2.75, 3.05) is 0 Å². The average molecular weight is 225 g/mol. The molecule has 1 aromatic rings. The van der Waals surface area contributed by atoms with Crippen LogP contribution in [0.15, 0.2) is 28.7 Å². The molecule has 0 bridgehead atoms. The van der Waals surface area contributed by atoms with E-state index in [1.54, 1.807) is 0 Å². The van der Waals surface area contributed by atoms with Crippen molar-refractivity contribution >= 4 is 15.9 Å². The van der Waals surface area contributed by atoms with Crippen LogP contribution in [0.1, 0.15) is 5.56 Å². The summed E-state index contributed by atoms with van der Waals surface area (Å²) in [6, 6.07) is 7.71. The van der Waals surface area contributed by atoms with Crippen LogP contribution in [-0.2, 0) is 6.42 Å². The zero-order chi connectivity index (χ0) is 8.97. The fourth-order valence-corrected chi connectivity index (χ4v) is 1.38. The summed E-state index contributed by atoms with van der Waals surface area (Å²) in [5.41, 5.74) is 1.03. The normalized spacial score (nSPS) is 12.1. The zero-order valence-corrected chi connectivity index (χ0v) is 8.08. The lowest BCUT2D eigenvalue weighted by molar-refractivity contribution is 0.233. The van der Waals surface area contributed by atoms with Crippen molar-refractivity contribution in [3.8, 4) is 12.3 Å². The van der Waals surface area contributed by atoms with Gasteiger partial charge >= 0.3 is 0 Å². The van der Waals surface area contributed by atoms with E-state index < -0.39 is 6.10 Å². The molecule has 12 heavy (non-hydrogen) atoms. The maximum Gasteiger partial charge on any atom is 0.118 e. The molecule has 0 aliphatic rings. The second-order valence-electron chi connectivity index (χ2n) is 2.48. The van der Waals surface area contributed by atoms with Gasteiger partial charge in [0.1, 0.15) is 6.10 Å². The van der Waals surface area contributed by atoms with Gasteiger partial charge in [0.2, 0.25) is 0 Å². The minimum absolute atomic E-state index is 0.498. The highest BCUT2D eigenvalue weighted by Gasteiger charge is 2.03. The van der Waals surface area contributed by atoms with Crippen LogP contribution in [0.25, 0.3) is 0 Å². The van der Waals surface area contributed by atoms with Gasteiger partial charge in [-0.15, -0.1) is 6.42 Å². The van der Waals surface area contributed by atoms with Crippen molar-refractivity contribution in [1.29, 1.82) is 0 Å². The van der Waals surface area contributed by atoms with Gasteiger partial charge < -0.3 is 5.11 Å². The average Bonchev–Trinajstić information content (AvgIpc) is 2.09. The van der Waals surface area contributed by atoms with Crippen LogP contribution >= 0.6 is 15.9 Å². The maximum absolute atomic E-state index is 9.18. The van der Waals surface area contributed by atoms with Gasteiger partial charge in [-0.1, -0.05) is 40.0 Å². The molecule has 0 fully saturated rings. The van der Waals surface area contributed by atoms with Crippen LogP contribution < -0.4 is 0 Å². The number of rotatable bonds is 2. The van der Waals surface area contributed by atoms with E-state index in [1.807, 2.05) is 24.3 Å². The third-order valence-electron chi connectivity index (χ3n) is 1.56. The lowest BCUT2D eigenvalue weighted by atomic mass is 10.1. The Kier molecular flexibility index (Phi) is 3.33. The van der Waals surface area contributed by atoms with Gasteiger partial charge in [-0.3, -0.25) is 0 Å². The van der Waals surface area contributed by atoms with E-state index in [-0.39, 0.29) is 0 Å². The fourth-order valence-electron chi connectivity index (χ4n) is 0.931. The summed E-state index contributed by atoms with van der Waals surface area (Å²) >= 11 is 3.37. The van der Waals surface area contributed by atoms with E-state index in [9.17, 15) is 5.11 Å². The highest BCUT2D eigenvalue weighted by molar-refractivity contribution is 9.10. The van der Waals surface area contributed by atoms with Gasteiger partial charge in [0.25, 0.3) is 0 Å². The molecule has 0 aromatic heterocycles. The molecule has 62 valence electrons. The van der Waals surface area contributed by atoms with E-state index in [0.717, 1.165) is 10.0 Å². The predicted octanol–water partition coefficient (Wildman–Crippen LogP) is 1.99. The monoisotopic (exact) mass is 224 g/mol. The first-order valence-corrected chi connectivity index (χ1v) is 4.41. The number of halogens is 1. The van der Waals surface area contributed by atoms with Gasteiger partial charge in [-0.2, -0.15) is 0 Å². The van der Waals surface area contributed by atoms with Crippen molar-refractivity contribution in [2.45, 2.75) is 12.5 Å². The molecule has 0 spiro atoms. The van der Waals surface area contributed by atoms with E-state index >= 15 is 0 Å². The van der Waals surface area contributed by atoms with E-state index in [1.165, 1.54) is 0 Å². The summed E-state index contributed by atoms with van der Waals surface area (Å²) in [7, 11) is 0. The molecule has 1 atom stereocenters. The molecule has 0 saturated carbocycles. The standard InChI is InChI=1S/C10H9BrO/c1-2-9(12)7-8-5-3-4-6-10(8)11/h1,3-6,9,12H,7H2. The van der Waals surface area contributed by atoms with Crippen LogP contribution in [0.2, 0.25) is 0 Å². The first kappa shape index (κ1) is 9.31. The quantitative estimate of drug-likeness (QED) is 0.763. The largest absolute Gasteiger partial charge is 0.380 e. The van der Waals surface area contributed by atoms with Crippen LogP contribution in [0.5, 0.6) is 0 Å². The molecule has 0 aliphatic carbocycles. The molecule has 1 aromatic carbocycles. The predicted molar refractivity (Wildman–Crippen MR) is 52.7 cm³/mol. The third kappa shape index (κ3) is 2.37. The maximum atomic E-state index is 9.18. The molecule has 2 heteroatoms. The highest BCUT2D eigenvalue weighted by atomic mass is 79.9. The summed E-state index contributed by atoms with van der Waals surface area (Å²) < 4.78 is 0.985. The van der Waals surface area contributed by atoms with Crippen LogP contribution in [-0.4, -0.2) is 11.2 Å².